The van der Waals surface area contributed by atoms with Gasteiger partial charge in [-0.15, -0.1) is 0 Å². The minimum absolute atomic E-state index is 0.225. The SMILES string of the molecule is NC1=CC2NN=C(NCCN3CCCCC3)C2C=C1. The van der Waals surface area contributed by atoms with Crippen LogP contribution in [0.25, 0.3) is 0 Å². The van der Waals surface area contributed by atoms with Crippen molar-refractivity contribution >= 4 is 5.84 Å². The molecule has 2 heterocycles. The van der Waals surface area contributed by atoms with Crippen molar-refractivity contribution in [1.29, 1.82) is 0 Å². The molecule has 5 nitrogen and oxygen atoms in total. The summed E-state index contributed by atoms with van der Waals surface area (Å²) in [6.45, 7) is 4.57. The van der Waals surface area contributed by atoms with Crippen molar-refractivity contribution in [2.24, 2.45) is 16.8 Å². The molecule has 0 spiro atoms. The highest BCUT2D eigenvalue weighted by Gasteiger charge is 2.29. The number of hydrogen-bond donors (Lipinski definition) is 3. The first kappa shape index (κ1) is 12.5. The van der Waals surface area contributed by atoms with Gasteiger partial charge >= 0.3 is 0 Å². The van der Waals surface area contributed by atoms with Crippen LogP contribution in [0, 0.1) is 5.92 Å². The van der Waals surface area contributed by atoms with E-state index in [9.17, 15) is 0 Å². The molecule has 0 aromatic carbocycles. The summed E-state index contributed by atoms with van der Waals surface area (Å²) in [5, 5.41) is 7.85. The number of allylic oxidation sites excluding steroid dienone is 1. The molecule has 5 heteroatoms. The minimum Gasteiger partial charge on any atom is -0.399 e. The summed E-state index contributed by atoms with van der Waals surface area (Å²) in [6, 6.07) is 0.225. The van der Waals surface area contributed by atoms with Crippen LogP contribution in [0.4, 0.5) is 0 Å². The van der Waals surface area contributed by atoms with Gasteiger partial charge in [0.15, 0.2) is 0 Å². The van der Waals surface area contributed by atoms with Gasteiger partial charge in [0, 0.05) is 18.8 Å². The second-order valence-corrected chi connectivity index (χ2v) is 5.53. The summed E-state index contributed by atoms with van der Waals surface area (Å²) in [4.78, 5) is 2.53. The van der Waals surface area contributed by atoms with Crippen LogP contribution < -0.4 is 16.5 Å². The highest BCUT2D eigenvalue weighted by molar-refractivity contribution is 5.88. The van der Waals surface area contributed by atoms with Crippen molar-refractivity contribution < 1.29 is 0 Å². The maximum atomic E-state index is 5.79. The maximum absolute atomic E-state index is 5.79. The van der Waals surface area contributed by atoms with Gasteiger partial charge in [0.25, 0.3) is 0 Å². The number of hydrogen-bond acceptors (Lipinski definition) is 5. The summed E-state index contributed by atoms with van der Waals surface area (Å²) in [5.41, 5.74) is 9.74. The third kappa shape index (κ3) is 2.92. The first-order chi connectivity index (χ1) is 9.33. The number of rotatable bonds is 3. The van der Waals surface area contributed by atoms with Gasteiger partial charge in [-0.2, -0.15) is 5.10 Å². The van der Waals surface area contributed by atoms with Crippen molar-refractivity contribution in [2.45, 2.75) is 25.3 Å². The maximum Gasteiger partial charge on any atom is 0.131 e. The molecule has 19 heavy (non-hydrogen) atoms. The Morgan fingerprint density at radius 3 is 3.05 bits per heavy atom. The van der Waals surface area contributed by atoms with Crippen LogP contribution in [-0.4, -0.2) is 43.0 Å². The standard InChI is InChI=1S/C14H23N5/c15-11-4-5-12-13(10-11)17-18-14(12)16-6-9-19-7-2-1-3-8-19/h4-5,10,12-13,17H,1-3,6-9,15H2,(H,16,18). The van der Waals surface area contributed by atoms with Crippen LogP contribution in [-0.2, 0) is 0 Å². The van der Waals surface area contributed by atoms with E-state index in [1.54, 1.807) is 0 Å². The molecule has 2 unspecified atom stereocenters. The van der Waals surface area contributed by atoms with Crippen molar-refractivity contribution in [2.75, 3.05) is 26.2 Å². The lowest BCUT2D eigenvalue weighted by atomic mass is 9.94. The first-order valence-electron chi connectivity index (χ1n) is 7.28. The van der Waals surface area contributed by atoms with Crippen molar-refractivity contribution in [3.05, 3.63) is 23.9 Å². The fraction of sp³-hybridized carbons (Fsp3) is 0.643. The number of fused-ring (bicyclic) bond motifs is 1. The Kier molecular flexibility index (Phi) is 3.73. The van der Waals surface area contributed by atoms with E-state index in [2.05, 4.69) is 26.8 Å². The Hall–Kier alpha value is -1.49. The summed E-state index contributed by atoms with van der Waals surface area (Å²) >= 11 is 0. The molecule has 2 aliphatic heterocycles. The normalized spacial score (nSPS) is 30.3. The van der Waals surface area contributed by atoms with E-state index < -0.39 is 0 Å². The summed E-state index contributed by atoms with van der Waals surface area (Å²) in [6.07, 6.45) is 10.2. The van der Waals surface area contributed by atoms with Crippen LogP contribution >= 0.6 is 0 Å². The molecule has 104 valence electrons. The van der Waals surface area contributed by atoms with Crippen LogP contribution in [0.1, 0.15) is 19.3 Å². The molecule has 1 aliphatic carbocycles. The van der Waals surface area contributed by atoms with Gasteiger partial charge in [0.1, 0.15) is 5.84 Å². The van der Waals surface area contributed by atoms with Gasteiger partial charge in [0.05, 0.1) is 12.0 Å². The van der Waals surface area contributed by atoms with Gasteiger partial charge in [0.2, 0.25) is 0 Å². The predicted molar refractivity (Wildman–Crippen MR) is 77.6 cm³/mol. The molecule has 2 atom stereocenters. The molecule has 0 amide bonds. The number of piperidine rings is 1. The first-order valence-corrected chi connectivity index (χ1v) is 7.28. The number of hydrazone groups is 1. The van der Waals surface area contributed by atoms with E-state index in [0.29, 0.717) is 5.92 Å². The van der Waals surface area contributed by atoms with E-state index in [1.165, 1.54) is 32.4 Å². The van der Waals surface area contributed by atoms with Crippen molar-refractivity contribution in [1.82, 2.24) is 15.6 Å². The van der Waals surface area contributed by atoms with Gasteiger partial charge in [-0.05, 0) is 38.1 Å². The highest BCUT2D eigenvalue weighted by Crippen LogP contribution is 2.19. The summed E-state index contributed by atoms with van der Waals surface area (Å²) in [7, 11) is 0. The van der Waals surface area contributed by atoms with Crippen molar-refractivity contribution in [3.63, 3.8) is 0 Å². The zero-order valence-electron chi connectivity index (χ0n) is 11.3. The Bertz CT molecular complexity index is 406. The summed E-state index contributed by atoms with van der Waals surface area (Å²) < 4.78 is 0. The number of amidine groups is 1. The lowest BCUT2D eigenvalue weighted by Gasteiger charge is -2.26. The molecule has 0 aromatic rings. The Morgan fingerprint density at radius 1 is 1.37 bits per heavy atom. The van der Waals surface area contributed by atoms with E-state index in [1.807, 2.05) is 12.2 Å². The van der Waals surface area contributed by atoms with E-state index in [-0.39, 0.29) is 6.04 Å². The average molecular weight is 261 g/mol. The molecule has 4 N–H and O–H groups in total. The molecular formula is C14H23N5. The van der Waals surface area contributed by atoms with E-state index in [4.69, 9.17) is 5.73 Å². The quantitative estimate of drug-likeness (QED) is 0.687. The summed E-state index contributed by atoms with van der Waals surface area (Å²) in [5.74, 6) is 1.36. The minimum atomic E-state index is 0.225. The van der Waals surface area contributed by atoms with E-state index in [0.717, 1.165) is 24.6 Å². The number of nitrogens with zero attached hydrogens (tertiary/aromatic N) is 2. The molecule has 3 aliphatic rings. The van der Waals surface area contributed by atoms with Gasteiger partial charge in [-0.1, -0.05) is 12.5 Å². The van der Waals surface area contributed by atoms with Gasteiger partial charge in [-0.25, -0.2) is 0 Å². The fourth-order valence-electron chi connectivity index (χ4n) is 2.98. The van der Waals surface area contributed by atoms with Crippen molar-refractivity contribution in [3.8, 4) is 0 Å². The Balaban J connectivity index is 1.45. The second-order valence-electron chi connectivity index (χ2n) is 5.53. The molecule has 0 radical (unpaired) electrons. The highest BCUT2D eigenvalue weighted by atomic mass is 15.4. The molecule has 1 saturated heterocycles. The zero-order valence-corrected chi connectivity index (χ0v) is 11.3. The smallest absolute Gasteiger partial charge is 0.131 e. The van der Waals surface area contributed by atoms with Gasteiger partial charge < -0.3 is 21.4 Å². The van der Waals surface area contributed by atoms with Gasteiger partial charge in [-0.3, -0.25) is 0 Å². The third-order valence-corrected chi connectivity index (χ3v) is 4.09. The molecular weight excluding hydrogens is 238 g/mol. The largest absolute Gasteiger partial charge is 0.399 e. The number of nitrogens with one attached hydrogen (secondary N) is 2. The van der Waals surface area contributed by atoms with Crippen LogP contribution in [0.3, 0.4) is 0 Å². The van der Waals surface area contributed by atoms with Crippen LogP contribution in [0.5, 0.6) is 0 Å². The van der Waals surface area contributed by atoms with Crippen LogP contribution in [0.15, 0.2) is 29.0 Å². The Labute approximate surface area is 114 Å². The average Bonchev–Trinajstić information content (AvgIpc) is 2.82. The topological polar surface area (TPSA) is 65.7 Å². The third-order valence-electron chi connectivity index (χ3n) is 4.09. The molecule has 0 aromatic heterocycles. The Morgan fingerprint density at radius 2 is 2.21 bits per heavy atom. The zero-order chi connectivity index (χ0) is 13.1. The predicted octanol–water partition coefficient (Wildman–Crippen LogP) is 0.376. The molecule has 1 fully saturated rings. The number of nitrogens with two attached hydrogens (primary N) is 1. The monoisotopic (exact) mass is 261 g/mol. The lowest BCUT2D eigenvalue weighted by molar-refractivity contribution is 0.232. The van der Waals surface area contributed by atoms with E-state index >= 15 is 0 Å². The van der Waals surface area contributed by atoms with Crippen LogP contribution in [0.2, 0.25) is 0 Å². The fourth-order valence-corrected chi connectivity index (χ4v) is 2.98. The lowest BCUT2D eigenvalue weighted by Crippen LogP contribution is -2.40. The second kappa shape index (κ2) is 5.65. The number of likely N-dealkylation sites (tertiary alicyclic amines) is 1. The molecule has 0 saturated carbocycles. The molecule has 0 bridgehead atoms. The molecule has 3 rings (SSSR count).